The lowest BCUT2D eigenvalue weighted by Crippen LogP contribution is -2.59. The van der Waals surface area contributed by atoms with Crippen LogP contribution in [0.4, 0.5) is 5.69 Å². The van der Waals surface area contributed by atoms with E-state index in [-0.39, 0.29) is 28.4 Å². The summed E-state index contributed by atoms with van der Waals surface area (Å²) in [4.78, 5) is 59.8. The van der Waals surface area contributed by atoms with Crippen LogP contribution in [0.2, 0.25) is 0 Å². The molecule has 12 heteroatoms. The first-order chi connectivity index (χ1) is 24.1. The van der Waals surface area contributed by atoms with E-state index in [0.717, 1.165) is 52.0 Å². The maximum absolute atomic E-state index is 14.4. The Morgan fingerprint density at radius 3 is 2.38 bits per heavy atom. The van der Waals surface area contributed by atoms with Crippen LogP contribution in [0.25, 0.3) is 21.6 Å². The molecule has 5 N–H and O–H groups in total. The Kier molecular flexibility index (Phi) is 10.0. The zero-order valence-electron chi connectivity index (χ0n) is 28.7. The van der Waals surface area contributed by atoms with Gasteiger partial charge in [0.05, 0.1) is 13.7 Å². The minimum Gasteiger partial charge on any atom is -0.493 e. The number of methoxy groups -OCH3 is 1. The van der Waals surface area contributed by atoms with Gasteiger partial charge in [0.2, 0.25) is 5.91 Å². The SMILES string of the molecule is CNC(=O)C1(NC(=O)c2ccc(-c3cc4c(cc3C(=O)Nc3c(C)cc(CN)cc3C)-c3sccc3CCO4)c(C(=O)OC)n2)CCCCC1. The minimum absolute atomic E-state index is 0.0607. The Labute approximate surface area is 295 Å². The van der Waals surface area contributed by atoms with Gasteiger partial charge in [-0.15, -0.1) is 11.3 Å². The summed E-state index contributed by atoms with van der Waals surface area (Å²) in [7, 11) is 2.77. The molecule has 1 aliphatic carbocycles. The Hall–Kier alpha value is -5.07. The Morgan fingerprint density at radius 1 is 0.960 bits per heavy atom. The maximum atomic E-state index is 14.4. The van der Waals surface area contributed by atoms with Crippen molar-refractivity contribution in [2.45, 2.75) is 64.5 Å². The van der Waals surface area contributed by atoms with Crippen LogP contribution in [0.1, 0.15) is 85.7 Å². The highest BCUT2D eigenvalue weighted by Gasteiger charge is 2.41. The normalized spacial score (nSPS) is 14.7. The Morgan fingerprint density at radius 2 is 1.70 bits per heavy atom. The number of fused-ring (bicyclic) bond motifs is 3. The van der Waals surface area contributed by atoms with Gasteiger partial charge in [-0.05, 0) is 84.7 Å². The summed E-state index contributed by atoms with van der Waals surface area (Å²) in [5, 5.41) is 10.7. The number of ether oxygens (including phenoxy) is 2. The van der Waals surface area contributed by atoms with Crippen molar-refractivity contribution in [3.8, 4) is 27.3 Å². The third-order valence-corrected chi connectivity index (χ3v) is 10.6. The highest BCUT2D eigenvalue weighted by atomic mass is 32.1. The fourth-order valence-electron chi connectivity index (χ4n) is 7.02. The standard InChI is InChI=1S/C38H41N5O6S/c1-21-16-23(20-39)17-22(2)31(21)42-34(44)27-18-28-30(49-14-10-24-11-15-50-33(24)28)19-26(27)25-8-9-29(41-32(25)36(46)48-4)35(45)43-38(37(47)40-3)12-6-5-7-13-38/h8-9,11,15-19H,5-7,10,12-14,20,39H2,1-4H3,(H,40,47)(H,42,44)(H,43,45). The van der Waals surface area contributed by atoms with E-state index in [0.29, 0.717) is 49.4 Å². The van der Waals surface area contributed by atoms with Gasteiger partial charge in [-0.2, -0.15) is 0 Å². The van der Waals surface area contributed by atoms with E-state index in [1.807, 2.05) is 31.4 Å². The number of carbonyl (C=O) groups is 4. The molecule has 0 unspecified atom stereocenters. The zero-order chi connectivity index (χ0) is 35.6. The Bertz CT molecular complexity index is 1970. The fourth-order valence-corrected chi connectivity index (χ4v) is 7.99. The molecule has 50 heavy (non-hydrogen) atoms. The van der Waals surface area contributed by atoms with E-state index in [9.17, 15) is 19.2 Å². The molecule has 2 aromatic heterocycles. The summed E-state index contributed by atoms with van der Waals surface area (Å²) in [6, 6.07) is 12.6. The zero-order valence-corrected chi connectivity index (χ0v) is 29.5. The topological polar surface area (TPSA) is 162 Å². The number of aromatic nitrogens is 1. The molecule has 4 aromatic rings. The van der Waals surface area contributed by atoms with Gasteiger partial charge < -0.3 is 31.2 Å². The van der Waals surface area contributed by atoms with Crippen molar-refractivity contribution in [3.05, 3.63) is 87.0 Å². The smallest absolute Gasteiger partial charge is 0.357 e. The number of amides is 3. The lowest BCUT2D eigenvalue weighted by atomic mass is 9.80. The second-order valence-electron chi connectivity index (χ2n) is 12.8. The van der Waals surface area contributed by atoms with Crippen molar-refractivity contribution in [2.75, 3.05) is 26.1 Å². The van der Waals surface area contributed by atoms with E-state index in [1.165, 1.54) is 13.2 Å². The number of hydrogen-bond donors (Lipinski definition) is 4. The number of esters is 1. The summed E-state index contributed by atoms with van der Waals surface area (Å²) in [5.41, 5.74) is 10.8. The first-order valence-electron chi connectivity index (χ1n) is 16.7. The maximum Gasteiger partial charge on any atom is 0.357 e. The van der Waals surface area contributed by atoms with E-state index >= 15 is 0 Å². The van der Waals surface area contributed by atoms with E-state index < -0.39 is 23.3 Å². The molecule has 2 aliphatic rings. The third-order valence-electron chi connectivity index (χ3n) is 9.57. The first-order valence-corrected chi connectivity index (χ1v) is 17.6. The molecule has 1 aliphatic heterocycles. The average molecular weight is 696 g/mol. The van der Waals surface area contributed by atoms with Crippen LogP contribution in [0, 0.1) is 13.8 Å². The van der Waals surface area contributed by atoms with Gasteiger partial charge in [-0.1, -0.05) is 31.4 Å². The predicted octanol–water partition coefficient (Wildman–Crippen LogP) is 5.71. The molecular formula is C38H41N5O6S. The van der Waals surface area contributed by atoms with Crippen LogP contribution >= 0.6 is 11.3 Å². The highest BCUT2D eigenvalue weighted by molar-refractivity contribution is 7.13. The quantitative estimate of drug-likeness (QED) is 0.171. The van der Waals surface area contributed by atoms with Crippen LogP contribution in [-0.4, -0.2) is 55.0 Å². The summed E-state index contributed by atoms with van der Waals surface area (Å²) in [6.45, 7) is 4.63. The lowest BCUT2D eigenvalue weighted by Gasteiger charge is -2.36. The third kappa shape index (κ3) is 6.60. The van der Waals surface area contributed by atoms with E-state index in [2.05, 4.69) is 27.0 Å². The fraction of sp³-hybridized carbons (Fsp3) is 0.342. The molecule has 3 heterocycles. The number of thiophene rings is 1. The predicted molar refractivity (Wildman–Crippen MR) is 193 cm³/mol. The monoisotopic (exact) mass is 695 g/mol. The van der Waals surface area contributed by atoms with Gasteiger partial charge in [0.25, 0.3) is 11.8 Å². The molecule has 0 radical (unpaired) electrons. The number of benzene rings is 2. The number of anilines is 1. The van der Waals surface area contributed by atoms with Gasteiger partial charge >= 0.3 is 5.97 Å². The minimum atomic E-state index is -1.07. The molecule has 0 bridgehead atoms. The number of nitrogens with zero attached hydrogens (tertiary/aromatic N) is 1. The summed E-state index contributed by atoms with van der Waals surface area (Å²) in [5.74, 6) is -1.50. The van der Waals surface area contributed by atoms with Crippen LogP contribution in [0.15, 0.2) is 47.8 Å². The van der Waals surface area contributed by atoms with Crippen LogP contribution in [0.3, 0.4) is 0 Å². The number of hydrogen-bond acceptors (Lipinski definition) is 9. The number of likely N-dealkylation sites (N-methyl/N-ethyl adjacent to an activating group) is 1. The van der Waals surface area contributed by atoms with Crippen LogP contribution in [0.5, 0.6) is 5.75 Å². The largest absolute Gasteiger partial charge is 0.493 e. The molecule has 3 amide bonds. The molecule has 0 atom stereocenters. The summed E-state index contributed by atoms with van der Waals surface area (Å²) in [6.07, 6.45) is 4.25. The molecule has 0 spiro atoms. The van der Waals surface area contributed by atoms with Crippen molar-refractivity contribution in [1.82, 2.24) is 15.6 Å². The molecule has 260 valence electrons. The molecule has 11 nitrogen and oxygen atoms in total. The van der Waals surface area contributed by atoms with Crippen molar-refractivity contribution in [2.24, 2.45) is 5.73 Å². The molecule has 1 fully saturated rings. The van der Waals surface area contributed by atoms with Gasteiger partial charge in [0, 0.05) is 52.8 Å². The number of carbonyl (C=O) groups excluding carboxylic acids is 4. The first kappa shape index (κ1) is 34.8. The average Bonchev–Trinajstić information content (AvgIpc) is 3.53. The second kappa shape index (κ2) is 14.4. The molecule has 1 saturated carbocycles. The number of pyridine rings is 1. The van der Waals surface area contributed by atoms with Crippen molar-refractivity contribution < 1.29 is 28.7 Å². The number of nitrogens with one attached hydrogen (secondary N) is 3. The van der Waals surface area contributed by atoms with Gasteiger partial charge in [-0.3, -0.25) is 14.4 Å². The van der Waals surface area contributed by atoms with Crippen molar-refractivity contribution in [1.29, 1.82) is 0 Å². The van der Waals surface area contributed by atoms with Crippen LogP contribution < -0.4 is 26.4 Å². The van der Waals surface area contributed by atoms with E-state index in [1.54, 1.807) is 36.6 Å². The number of aryl methyl sites for hydroxylation is 2. The van der Waals surface area contributed by atoms with E-state index in [4.69, 9.17) is 15.2 Å². The molecule has 0 saturated heterocycles. The highest BCUT2D eigenvalue weighted by Crippen LogP contribution is 2.43. The van der Waals surface area contributed by atoms with Crippen LogP contribution in [-0.2, 0) is 22.5 Å². The van der Waals surface area contributed by atoms with Gasteiger partial charge in [0.15, 0.2) is 5.69 Å². The van der Waals surface area contributed by atoms with Gasteiger partial charge in [0.1, 0.15) is 17.0 Å². The molecule has 6 rings (SSSR count). The number of nitrogens with two attached hydrogens (primary N) is 1. The molecule has 2 aromatic carbocycles. The van der Waals surface area contributed by atoms with Crippen molar-refractivity contribution in [3.63, 3.8) is 0 Å². The number of rotatable bonds is 8. The van der Waals surface area contributed by atoms with Crippen molar-refractivity contribution >= 4 is 40.7 Å². The van der Waals surface area contributed by atoms with Gasteiger partial charge in [-0.25, -0.2) is 9.78 Å². The lowest BCUT2D eigenvalue weighted by molar-refractivity contribution is -0.128. The Balaban J connectivity index is 1.47. The summed E-state index contributed by atoms with van der Waals surface area (Å²) >= 11 is 1.57. The summed E-state index contributed by atoms with van der Waals surface area (Å²) < 4.78 is 11.3. The second-order valence-corrected chi connectivity index (χ2v) is 13.7. The molecular weight excluding hydrogens is 655 g/mol.